The van der Waals surface area contributed by atoms with Crippen LogP contribution < -0.4 is 5.73 Å². The topological polar surface area (TPSA) is 60.2 Å². The van der Waals surface area contributed by atoms with E-state index in [1.807, 2.05) is 0 Å². The summed E-state index contributed by atoms with van der Waals surface area (Å²) in [5.41, 5.74) is 5.32. The molecule has 0 bridgehead atoms. The molecule has 0 atom stereocenters. The molecule has 0 aliphatic carbocycles. The number of nitrogens with two attached hydrogens (primary N) is 1. The van der Waals surface area contributed by atoms with Gasteiger partial charge in [0.1, 0.15) is 0 Å². The molecule has 0 aromatic heterocycles. The van der Waals surface area contributed by atoms with Gasteiger partial charge < -0.3 is 5.73 Å². The maximum atomic E-state index is 11.9. The van der Waals surface area contributed by atoms with Crippen molar-refractivity contribution in [3.8, 4) is 0 Å². The van der Waals surface area contributed by atoms with Gasteiger partial charge in [-0.2, -0.15) is 0 Å². The number of hydrogen-bond donors (Lipinski definition) is 1. The van der Waals surface area contributed by atoms with Crippen LogP contribution in [0.3, 0.4) is 0 Å². The highest BCUT2D eigenvalue weighted by molar-refractivity contribution is 9.10. The highest BCUT2D eigenvalue weighted by Gasteiger charge is 2.16. The first-order valence-electron chi connectivity index (χ1n) is 4.75. The minimum atomic E-state index is -3.17. The van der Waals surface area contributed by atoms with Crippen LogP contribution in [0.4, 0.5) is 0 Å². The van der Waals surface area contributed by atoms with Crippen molar-refractivity contribution < 1.29 is 8.42 Å². The highest BCUT2D eigenvalue weighted by Crippen LogP contribution is 2.22. The number of sulfone groups is 1. The van der Waals surface area contributed by atoms with E-state index < -0.39 is 9.84 Å². The Balaban J connectivity index is 2.83. The normalized spacial score (nSPS) is 11.6. The Kier molecular flexibility index (Phi) is 4.76. The second-order valence-electron chi connectivity index (χ2n) is 3.25. The van der Waals surface area contributed by atoms with Gasteiger partial charge in [0.25, 0.3) is 0 Å². The van der Waals surface area contributed by atoms with Crippen molar-refractivity contribution in [2.45, 2.75) is 17.7 Å². The standard InChI is InChI=1S/C10H14BrNO2S/c11-9-5-1-2-6-10(9)15(13,14)8-4-3-7-12/h1-2,5-6H,3-4,7-8,12H2. The SMILES string of the molecule is NCCCCS(=O)(=O)c1ccccc1Br. The van der Waals surface area contributed by atoms with E-state index in [1.54, 1.807) is 24.3 Å². The first kappa shape index (κ1) is 12.7. The van der Waals surface area contributed by atoms with Crippen LogP contribution in [-0.4, -0.2) is 20.7 Å². The molecular weight excluding hydrogens is 278 g/mol. The Morgan fingerprint density at radius 1 is 1.20 bits per heavy atom. The molecule has 3 nitrogen and oxygen atoms in total. The molecule has 0 saturated heterocycles. The molecule has 0 saturated carbocycles. The van der Waals surface area contributed by atoms with Crippen LogP contribution >= 0.6 is 15.9 Å². The molecule has 84 valence electrons. The van der Waals surface area contributed by atoms with E-state index in [-0.39, 0.29) is 5.75 Å². The number of rotatable bonds is 5. The smallest absolute Gasteiger partial charge is 0.179 e. The van der Waals surface area contributed by atoms with Crippen LogP contribution in [0.1, 0.15) is 12.8 Å². The lowest BCUT2D eigenvalue weighted by molar-refractivity contribution is 0.591. The predicted molar refractivity (Wildman–Crippen MR) is 64.5 cm³/mol. The van der Waals surface area contributed by atoms with Gasteiger partial charge in [-0.05, 0) is 47.4 Å². The van der Waals surface area contributed by atoms with Crippen molar-refractivity contribution in [1.29, 1.82) is 0 Å². The van der Waals surface area contributed by atoms with Crippen LogP contribution in [0.25, 0.3) is 0 Å². The summed E-state index contributed by atoms with van der Waals surface area (Å²) in [7, 11) is -3.17. The van der Waals surface area contributed by atoms with E-state index in [0.717, 1.165) is 6.42 Å². The molecule has 0 unspecified atom stereocenters. The summed E-state index contributed by atoms with van der Waals surface area (Å²) in [4.78, 5) is 0.363. The average molecular weight is 292 g/mol. The minimum absolute atomic E-state index is 0.160. The van der Waals surface area contributed by atoms with Crippen LogP contribution in [0, 0.1) is 0 Å². The Labute approximate surface area is 98.7 Å². The molecule has 0 spiro atoms. The largest absolute Gasteiger partial charge is 0.330 e. The monoisotopic (exact) mass is 291 g/mol. The first-order valence-corrected chi connectivity index (χ1v) is 7.20. The van der Waals surface area contributed by atoms with Gasteiger partial charge in [0.15, 0.2) is 9.84 Å². The van der Waals surface area contributed by atoms with Crippen LogP contribution in [0.5, 0.6) is 0 Å². The highest BCUT2D eigenvalue weighted by atomic mass is 79.9. The maximum absolute atomic E-state index is 11.9. The fraction of sp³-hybridized carbons (Fsp3) is 0.400. The third kappa shape index (κ3) is 3.59. The maximum Gasteiger partial charge on any atom is 0.179 e. The third-order valence-electron chi connectivity index (χ3n) is 2.04. The Bertz CT molecular complexity index is 417. The van der Waals surface area contributed by atoms with E-state index in [1.165, 1.54) is 0 Å². The summed E-state index contributed by atoms with van der Waals surface area (Å²) in [6, 6.07) is 6.86. The van der Waals surface area contributed by atoms with E-state index in [4.69, 9.17) is 5.73 Å². The predicted octanol–water partition coefficient (Wildman–Crippen LogP) is 1.96. The molecule has 1 aromatic carbocycles. The number of benzene rings is 1. The minimum Gasteiger partial charge on any atom is -0.330 e. The zero-order valence-corrected chi connectivity index (χ0v) is 10.7. The lowest BCUT2D eigenvalue weighted by Crippen LogP contribution is -2.09. The molecule has 0 aliphatic rings. The van der Waals surface area contributed by atoms with Gasteiger partial charge in [0, 0.05) is 4.47 Å². The summed E-state index contributed by atoms with van der Waals surface area (Å²) in [6.07, 6.45) is 1.35. The van der Waals surface area contributed by atoms with Crippen molar-refractivity contribution in [3.05, 3.63) is 28.7 Å². The Hall–Kier alpha value is -0.390. The third-order valence-corrected chi connectivity index (χ3v) is 4.85. The molecule has 0 radical (unpaired) electrons. The molecule has 1 aromatic rings. The van der Waals surface area contributed by atoms with Crippen molar-refractivity contribution >= 4 is 25.8 Å². The molecule has 15 heavy (non-hydrogen) atoms. The van der Waals surface area contributed by atoms with Gasteiger partial charge in [0.2, 0.25) is 0 Å². The Morgan fingerprint density at radius 3 is 2.47 bits per heavy atom. The van der Waals surface area contributed by atoms with Gasteiger partial charge in [-0.3, -0.25) is 0 Å². The summed E-state index contributed by atoms with van der Waals surface area (Å²) in [5, 5.41) is 0. The van der Waals surface area contributed by atoms with Gasteiger partial charge in [0.05, 0.1) is 10.6 Å². The van der Waals surface area contributed by atoms with Crippen molar-refractivity contribution in [2.24, 2.45) is 5.73 Å². The fourth-order valence-electron chi connectivity index (χ4n) is 1.24. The van der Waals surface area contributed by atoms with E-state index in [2.05, 4.69) is 15.9 Å². The molecule has 5 heteroatoms. The van der Waals surface area contributed by atoms with Gasteiger partial charge >= 0.3 is 0 Å². The van der Waals surface area contributed by atoms with Crippen LogP contribution in [0.2, 0.25) is 0 Å². The zero-order chi connectivity index (χ0) is 11.3. The second kappa shape index (κ2) is 5.63. The molecule has 0 amide bonds. The summed E-state index contributed by atoms with van der Waals surface area (Å²) in [5.74, 6) is 0.160. The molecule has 0 heterocycles. The van der Waals surface area contributed by atoms with Gasteiger partial charge in [-0.25, -0.2) is 8.42 Å². The Morgan fingerprint density at radius 2 is 1.87 bits per heavy atom. The van der Waals surface area contributed by atoms with Crippen molar-refractivity contribution in [1.82, 2.24) is 0 Å². The lowest BCUT2D eigenvalue weighted by Gasteiger charge is -2.05. The lowest BCUT2D eigenvalue weighted by atomic mass is 10.3. The summed E-state index contributed by atoms with van der Waals surface area (Å²) in [6.45, 7) is 0.533. The number of hydrogen-bond acceptors (Lipinski definition) is 3. The van der Waals surface area contributed by atoms with Gasteiger partial charge in [-0.15, -0.1) is 0 Å². The molecule has 0 fully saturated rings. The summed E-state index contributed by atoms with van der Waals surface area (Å²) >= 11 is 3.24. The number of unbranched alkanes of at least 4 members (excludes halogenated alkanes) is 1. The van der Waals surface area contributed by atoms with Crippen molar-refractivity contribution in [3.63, 3.8) is 0 Å². The van der Waals surface area contributed by atoms with E-state index in [0.29, 0.717) is 22.3 Å². The molecule has 1 rings (SSSR count). The fourth-order valence-corrected chi connectivity index (χ4v) is 3.72. The van der Waals surface area contributed by atoms with E-state index in [9.17, 15) is 8.42 Å². The van der Waals surface area contributed by atoms with Crippen molar-refractivity contribution in [2.75, 3.05) is 12.3 Å². The molecule has 2 N–H and O–H groups in total. The molecular formula is C10H14BrNO2S. The first-order chi connectivity index (χ1) is 7.08. The van der Waals surface area contributed by atoms with Crippen LogP contribution in [-0.2, 0) is 9.84 Å². The average Bonchev–Trinajstić information content (AvgIpc) is 2.18. The zero-order valence-electron chi connectivity index (χ0n) is 8.32. The van der Waals surface area contributed by atoms with Gasteiger partial charge in [-0.1, -0.05) is 12.1 Å². The van der Waals surface area contributed by atoms with Crippen LogP contribution in [0.15, 0.2) is 33.6 Å². The molecule has 0 aliphatic heterocycles. The summed E-state index contributed by atoms with van der Waals surface area (Å²) < 4.78 is 24.3. The quantitative estimate of drug-likeness (QED) is 0.844. The second-order valence-corrected chi connectivity index (χ2v) is 6.18. The number of halogens is 1. The van der Waals surface area contributed by atoms with E-state index >= 15 is 0 Å².